The number of hydrogen-bond acceptors (Lipinski definition) is 3. The monoisotopic (exact) mass is 583 g/mol. The molecular weight excluding hydrogens is 562 g/mol. The van der Waals surface area contributed by atoms with E-state index in [1.807, 2.05) is 0 Å². The number of alkyl halides is 12. The number of nitrogens with zero attached hydrogens (tertiary/aromatic N) is 1. The summed E-state index contributed by atoms with van der Waals surface area (Å²) in [4.78, 5) is 1.30. The maximum atomic E-state index is 13.6. The number of rotatable bonds is 6. The lowest BCUT2D eigenvalue weighted by Gasteiger charge is -2.41. The van der Waals surface area contributed by atoms with E-state index in [0.29, 0.717) is 0 Å². The van der Waals surface area contributed by atoms with Crippen LogP contribution in [0.3, 0.4) is 0 Å². The van der Waals surface area contributed by atoms with Crippen molar-refractivity contribution in [1.82, 2.24) is 4.90 Å². The summed E-state index contributed by atoms with van der Waals surface area (Å²) in [6, 6.07) is -1.71. The molecule has 2 N–H and O–H groups in total. The zero-order valence-corrected chi connectivity index (χ0v) is 19.7. The summed E-state index contributed by atoms with van der Waals surface area (Å²) in [6.07, 6.45) is -21.7. The molecule has 0 saturated carbocycles. The lowest BCUT2D eigenvalue weighted by Crippen LogP contribution is -2.49. The summed E-state index contributed by atoms with van der Waals surface area (Å²) in [5, 5.41) is 21.1. The summed E-state index contributed by atoms with van der Waals surface area (Å²) in [7, 11) is 0. The predicted octanol–water partition coefficient (Wildman–Crippen LogP) is 6.84. The van der Waals surface area contributed by atoms with Crippen LogP contribution in [0.5, 0.6) is 0 Å². The van der Waals surface area contributed by atoms with E-state index in [1.54, 1.807) is 0 Å². The smallest absolute Gasteiger partial charge is 0.396 e. The first kappa shape index (κ1) is 31.0. The molecular formula is C24H21F12NO2. The van der Waals surface area contributed by atoms with E-state index in [4.69, 9.17) is 5.11 Å². The van der Waals surface area contributed by atoms with E-state index in [1.165, 1.54) is 4.90 Å². The molecule has 0 aliphatic carbocycles. The van der Waals surface area contributed by atoms with Gasteiger partial charge in [-0.15, -0.1) is 0 Å². The average molecular weight is 583 g/mol. The molecule has 1 heterocycles. The first-order chi connectivity index (χ1) is 17.7. The second-order valence-electron chi connectivity index (χ2n) is 9.13. The molecule has 39 heavy (non-hydrogen) atoms. The molecule has 2 aromatic carbocycles. The summed E-state index contributed by atoms with van der Waals surface area (Å²) in [6.45, 7) is -0.464. The second-order valence-corrected chi connectivity index (χ2v) is 9.13. The minimum atomic E-state index is -5.41. The molecule has 2 aromatic rings. The van der Waals surface area contributed by atoms with E-state index in [0.717, 1.165) is 0 Å². The van der Waals surface area contributed by atoms with Crippen molar-refractivity contribution in [2.75, 3.05) is 19.7 Å². The van der Waals surface area contributed by atoms with Crippen LogP contribution in [0.4, 0.5) is 52.7 Å². The van der Waals surface area contributed by atoms with Crippen LogP contribution in [-0.4, -0.2) is 40.9 Å². The third kappa shape index (κ3) is 6.62. The van der Waals surface area contributed by atoms with Crippen LogP contribution in [0.1, 0.15) is 52.6 Å². The van der Waals surface area contributed by atoms with Crippen LogP contribution in [0.25, 0.3) is 0 Å². The number of aliphatic hydroxyl groups is 2. The standard InChI is InChI=1S/C24H21F12NO2/c25-21(26,27)15-7-13(8-16(11-15)22(28,29)30)20(39,19-3-1-4-37(19)5-2-6-38)14-9-17(23(31,32)33)12-18(10-14)24(34,35)36/h7-12,19,38-39H,1-6H2/t19-/m0/s1. The maximum Gasteiger partial charge on any atom is 0.416 e. The molecule has 0 radical (unpaired) electrons. The minimum Gasteiger partial charge on any atom is -0.396 e. The molecule has 1 fully saturated rings. The lowest BCUT2D eigenvalue weighted by atomic mass is 9.76. The molecule has 0 amide bonds. The van der Waals surface area contributed by atoms with Crippen LogP contribution in [0, 0.1) is 0 Å². The molecule has 218 valence electrons. The van der Waals surface area contributed by atoms with Gasteiger partial charge in [0.25, 0.3) is 0 Å². The van der Waals surface area contributed by atoms with Crippen LogP contribution >= 0.6 is 0 Å². The Morgan fingerprint density at radius 2 is 0.949 bits per heavy atom. The zero-order valence-electron chi connectivity index (χ0n) is 19.7. The van der Waals surface area contributed by atoms with Crippen LogP contribution in [0.15, 0.2) is 36.4 Å². The molecule has 1 saturated heterocycles. The van der Waals surface area contributed by atoms with Gasteiger partial charge in [0.05, 0.1) is 22.3 Å². The lowest BCUT2D eigenvalue weighted by molar-refractivity contribution is -0.144. The Morgan fingerprint density at radius 3 is 1.26 bits per heavy atom. The van der Waals surface area contributed by atoms with Gasteiger partial charge in [0.2, 0.25) is 0 Å². The first-order valence-electron chi connectivity index (χ1n) is 11.4. The van der Waals surface area contributed by atoms with Gasteiger partial charge >= 0.3 is 24.7 Å². The van der Waals surface area contributed by atoms with Gasteiger partial charge in [-0.2, -0.15) is 52.7 Å². The molecule has 1 aliphatic heterocycles. The van der Waals surface area contributed by atoms with Gasteiger partial charge in [0, 0.05) is 19.2 Å². The van der Waals surface area contributed by atoms with Crippen molar-refractivity contribution in [3.05, 3.63) is 69.8 Å². The molecule has 3 nitrogen and oxygen atoms in total. The highest BCUT2D eigenvalue weighted by Crippen LogP contribution is 2.47. The van der Waals surface area contributed by atoms with Gasteiger partial charge in [-0.25, -0.2) is 0 Å². The van der Waals surface area contributed by atoms with E-state index in [-0.39, 0.29) is 68.8 Å². The molecule has 0 aromatic heterocycles. The number of benzene rings is 2. The summed E-state index contributed by atoms with van der Waals surface area (Å²) >= 11 is 0. The number of halogens is 12. The summed E-state index contributed by atoms with van der Waals surface area (Å²) in [5.74, 6) is 0. The normalized spacial score (nSPS) is 18.2. The SMILES string of the molecule is OCCCN1CCC[C@H]1C(O)(c1cc(C(F)(F)F)cc(C(F)(F)F)c1)c1cc(C(F)(F)F)cc(C(F)(F)F)c1. The fourth-order valence-electron chi connectivity index (χ4n) is 4.74. The number of hydrogen-bond donors (Lipinski definition) is 2. The fourth-order valence-corrected chi connectivity index (χ4v) is 4.74. The molecule has 1 aliphatic rings. The van der Waals surface area contributed by atoms with Crippen LogP contribution in [-0.2, 0) is 30.3 Å². The van der Waals surface area contributed by atoms with Gasteiger partial charge in [-0.3, -0.25) is 4.90 Å². The van der Waals surface area contributed by atoms with Crippen LogP contribution < -0.4 is 0 Å². The molecule has 0 spiro atoms. The molecule has 0 unspecified atom stereocenters. The molecule has 15 heteroatoms. The van der Waals surface area contributed by atoms with Gasteiger partial charge < -0.3 is 10.2 Å². The Hall–Kier alpha value is -2.52. The highest BCUT2D eigenvalue weighted by molar-refractivity contribution is 5.47. The predicted molar refractivity (Wildman–Crippen MR) is 112 cm³/mol. The zero-order chi connectivity index (χ0) is 29.6. The highest BCUT2D eigenvalue weighted by atomic mass is 19.4. The minimum absolute atomic E-state index is 0.000631. The number of aliphatic hydroxyl groups excluding tert-OH is 1. The van der Waals surface area contributed by atoms with Crippen LogP contribution in [0.2, 0.25) is 0 Å². The average Bonchev–Trinajstić information content (AvgIpc) is 3.28. The Labute approximate surface area is 213 Å². The molecule has 3 rings (SSSR count). The largest absolute Gasteiger partial charge is 0.416 e. The second kappa shape index (κ2) is 10.5. The highest BCUT2D eigenvalue weighted by Gasteiger charge is 2.49. The van der Waals surface area contributed by atoms with E-state index in [9.17, 15) is 57.8 Å². The van der Waals surface area contributed by atoms with Crippen molar-refractivity contribution in [3.8, 4) is 0 Å². The number of likely N-dealkylation sites (tertiary alicyclic amines) is 1. The third-order valence-electron chi connectivity index (χ3n) is 6.50. The fraction of sp³-hybridized carbons (Fsp3) is 0.500. The Bertz CT molecular complexity index is 1030. The molecule has 1 atom stereocenters. The maximum absolute atomic E-state index is 13.6. The molecule has 0 bridgehead atoms. The van der Waals surface area contributed by atoms with Gasteiger partial charge in [-0.1, -0.05) is 0 Å². The summed E-state index contributed by atoms with van der Waals surface area (Å²) in [5.41, 5.74) is -13.2. The first-order valence-corrected chi connectivity index (χ1v) is 11.4. The quantitative estimate of drug-likeness (QED) is 0.366. The Morgan fingerprint density at radius 1 is 0.615 bits per heavy atom. The third-order valence-corrected chi connectivity index (χ3v) is 6.50. The topological polar surface area (TPSA) is 43.7 Å². The van der Waals surface area contributed by atoms with Gasteiger partial charge in [0.15, 0.2) is 0 Å². The van der Waals surface area contributed by atoms with E-state index in [2.05, 4.69) is 0 Å². The van der Waals surface area contributed by atoms with Crippen molar-refractivity contribution in [3.63, 3.8) is 0 Å². The van der Waals surface area contributed by atoms with Crippen molar-refractivity contribution >= 4 is 0 Å². The van der Waals surface area contributed by atoms with Gasteiger partial charge in [-0.05, 0) is 73.3 Å². The van der Waals surface area contributed by atoms with E-state index >= 15 is 0 Å². The Balaban J connectivity index is 2.44. The van der Waals surface area contributed by atoms with Crippen molar-refractivity contribution in [1.29, 1.82) is 0 Å². The van der Waals surface area contributed by atoms with Crippen molar-refractivity contribution < 1.29 is 62.9 Å². The van der Waals surface area contributed by atoms with Gasteiger partial charge in [0.1, 0.15) is 5.60 Å². The Kier molecular flexibility index (Phi) is 8.32. The van der Waals surface area contributed by atoms with Crippen molar-refractivity contribution in [2.24, 2.45) is 0 Å². The van der Waals surface area contributed by atoms with E-state index < -0.39 is 76.3 Å². The van der Waals surface area contributed by atoms with Crippen molar-refractivity contribution in [2.45, 2.75) is 55.6 Å². The summed E-state index contributed by atoms with van der Waals surface area (Å²) < 4.78 is 163.